The van der Waals surface area contributed by atoms with E-state index in [1.54, 1.807) is 18.1 Å². The van der Waals surface area contributed by atoms with Crippen LogP contribution in [0.15, 0.2) is 18.2 Å². The van der Waals surface area contributed by atoms with Crippen LogP contribution in [-0.4, -0.2) is 5.78 Å². The predicted octanol–water partition coefficient (Wildman–Crippen LogP) is 7.96. The van der Waals surface area contributed by atoms with Crippen molar-refractivity contribution in [1.82, 2.24) is 0 Å². The summed E-state index contributed by atoms with van der Waals surface area (Å²) in [5.74, 6) is 0.813. The molecular formula is C24H46O. The Balaban J connectivity index is -0.000000341. The molecule has 1 nitrogen and oxygen atoms in total. The van der Waals surface area contributed by atoms with Crippen molar-refractivity contribution in [3.8, 4) is 0 Å². The Morgan fingerprint density at radius 1 is 0.960 bits per heavy atom. The van der Waals surface area contributed by atoms with Gasteiger partial charge in [-0.05, 0) is 49.3 Å². The molecule has 0 aliphatic carbocycles. The number of Topliss-reactive ketones (excluding diaryl/α,β-unsaturated/α-hetero) is 1. The number of hydrogen-bond donors (Lipinski definition) is 0. The van der Waals surface area contributed by atoms with Crippen LogP contribution in [0.2, 0.25) is 0 Å². The zero-order valence-electron chi connectivity index (χ0n) is 19.0. The summed E-state index contributed by atoms with van der Waals surface area (Å²) < 4.78 is 0. The fraction of sp³-hybridized carbons (Fsp3) is 0.708. The van der Waals surface area contributed by atoms with Crippen molar-refractivity contribution in [3.05, 3.63) is 34.9 Å². The first kappa shape index (κ1) is 28.7. The van der Waals surface area contributed by atoms with E-state index in [9.17, 15) is 4.79 Å². The second-order valence-corrected chi connectivity index (χ2v) is 6.72. The van der Waals surface area contributed by atoms with Crippen LogP contribution in [0.1, 0.15) is 105 Å². The van der Waals surface area contributed by atoms with E-state index in [4.69, 9.17) is 0 Å². The van der Waals surface area contributed by atoms with Gasteiger partial charge in [0.05, 0.1) is 0 Å². The fourth-order valence-corrected chi connectivity index (χ4v) is 2.45. The standard InChI is InChI=1S/C13H20.C6H12O.C3H8.C2H6/c1-4-7-12-10-6-9-11(3)13(12)8-5-2;1-5(2)4-6(3)7;1-3-2;1-2/h6,9-10H,4-5,7-8H2,1-3H3;5H,4H2,1-3H3;3H2,1-2H3;1-2H3. The van der Waals surface area contributed by atoms with Gasteiger partial charge in [0.2, 0.25) is 0 Å². The van der Waals surface area contributed by atoms with Gasteiger partial charge in [-0.25, -0.2) is 0 Å². The highest BCUT2D eigenvalue weighted by atomic mass is 16.1. The molecule has 0 radical (unpaired) electrons. The Morgan fingerprint density at radius 3 is 1.76 bits per heavy atom. The lowest BCUT2D eigenvalue weighted by Gasteiger charge is -2.10. The average molecular weight is 351 g/mol. The molecule has 25 heavy (non-hydrogen) atoms. The Morgan fingerprint density at radius 2 is 1.44 bits per heavy atom. The highest BCUT2D eigenvalue weighted by Gasteiger charge is 2.02. The minimum Gasteiger partial charge on any atom is -0.300 e. The van der Waals surface area contributed by atoms with Gasteiger partial charge in [0.1, 0.15) is 5.78 Å². The molecule has 0 amide bonds. The van der Waals surface area contributed by atoms with E-state index in [2.05, 4.69) is 52.8 Å². The van der Waals surface area contributed by atoms with E-state index >= 15 is 0 Å². The Hall–Kier alpha value is -1.11. The number of carbonyl (C=O) groups is 1. The maximum atomic E-state index is 10.3. The summed E-state index contributed by atoms with van der Waals surface area (Å²) in [4.78, 5) is 10.3. The second kappa shape index (κ2) is 20.9. The van der Waals surface area contributed by atoms with Crippen molar-refractivity contribution in [2.75, 3.05) is 0 Å². The van der Waals surface area contributed by atoms with E-state index in [1.165, 1.54) is 37.7 Å². The summed E-state index contributed by atoms with van der Waals surface area (Å²) in [6.45, 7) is 20.7. The van der Waals surface area contributed by atoms with Crippen LogP contribution in [-0.2, 0) is 17.6 Å². The maximum absolute atomic E-state index is 10.3. The van der Waals surface area contributed by atoms with Crippen LogP contribution in [0.25, 0.3) is 0 Å². The van der Waals surface area contributed by atoms with E-state index in [0.717, 1.165) is 6.42 Å². The monoisotopic (exact) mass is 350 g/mol. The molecule has 1 rings (SSSR count). The van der Waals surface area contributed by atoms with Gasteiger partial charge < -0.3 is 4.79 Å². The molecule has 0 fully saturated rings. The Bertz CT molecular complexity index is 405. The lowest BCUT2D eigenvalue weighted by molar-refractivity contribution is -0.117. The lowest BCUT2D eigenvalue weighted by Crippen LogP contribution is -1.96. The lowest BCUT2D eigenvalue weighted by atomic mass is 9.95. The highest BCUT2D eigenvalue weighted by Crippen LogP contribution is 2.17. The Kier molecular flexibility index (Phi) is 24.0. The SMILES string of the molecule is CC.CC(=O)CC(C)C.CCC.CCCc1cccc(C)c1CCC. The number of aryl methyl sites for hydroxylation is 2. The maximum Gasteiger partial charge on any atom is 0.130 e. The largest absolute Gasteiger partial charge is 0.300 e. The van der Waals surface area contributed by atoms with Crippen LogP contribution in [0.5, 0.6) is 0 Å². The topological polar surface area (TPSA) is 17.1 Å². The third-order valence-corrected chi connectivity index (χ3v) is 3.22. The number of benzene rings is 1. The van der Waals surface area contributed by atoms with Crippen LogP contribution >= 0.6 is 0 Å². The zero-order valence-corrected chi connectivity index (χ0v) is 19.0. The van der Waals surface area contributed by atoms with Gasteiger partial charge in [0.15, 0.2) is 0 Å². The van der Waals surface area contributed by atoms with Crippen molar-refractivity contribution >= 4 is 5.78 Å². The molecule has 0 aromatic heterocycles. The van der Waals surface area contributed by atoms with Gasteiger partial charge in [-0.2, -0.15) is 0 Å². The van der Waals surface area contributed by atoms with Gasteiger partial charge in [-0.1, -0.05) is 92.9 Å². The van der Waals surface area contributed by atoms with Crippen molar-refractivity contribution < 1.29 is 4.79 Å². The number of rotatable bonds is 6. The highest BCUT2D eigenvalue weighted by molar-refractivity contribution is 5.75. The van der Waals surface area contributed by atoms with Gasteiger partial charge in [-0.3, -0.25) is 0 Å². The van der Waals surface area contributed by atoms with Crippen molar-refractivity contribution in [2.45, 2.75) is 108 Å². The second-order valence-electron chi connectivity index (χ2n) is 6.72. The van der Waals surface area contributed by atoms with Crippen LogP contribution in [0.4, 0.5) is 0 Å². The summed E-state index contributed by atoms with van der Waals surface area (Å²) in [5.41, 5.74) is 4.61. The molecule has 0 spiro atoms. The molecule has 0 N–H and O–H groups in total. The fourth-order valence-electron chi connectivity index (χ4n) is 2.45. The normalized spacial score (nSPS) is 9.08. The number of ketones is 1. The van der Waals surface area contributed by atoms with E-state index in [1.807, 2.05) is 27.7 Å². The van der Waals surface area contributed by atoms with Crippen LogP contribution in [0.3, 0.4) is 0 Å². The summed E-state index contributed by atoms with van der Waals surface area (Å²) in [5, 5.41) is 0. The molecule has 1 heteroatoms. The molecule has 0 saturated carbocycles. The molecule has 0 bridgehead atoms. The van der Waals surface area contributed by atoms with Crippen LogP contribution in [0, 0.1) is 12.8 Å². The zero-order chi connectivity index (χ0) is 20.3. The van der Waals surface area contributed by atoms with Crippen molar-refractivity contribution in [1.29, 1.82) is 0 Å². The number of carbonyl (C=O) groups excluding carboxylic acids is 1. The van der Waals surface area contributed by atoms with E-state index in [-0.39, 0.29) is 5.78 Å². The first-order valence-electron chi connectivity index (χ1n) is 10.4. The van der Waals surface area contributed by atoms with Crippen LogP contribution < -0.4 is 0 Å². The molecule has 1 aromatic carbocycles. The van der Waals surface area contributed by atoms with Gasteiger partial charge in [0, 0.05) is 6.42 Å². The van der Waals surface area contributed by atoms with Crippen molar-refractivity contribution in [2.24, 2.45) is 5.92 Å². The van der Waals surface area contributed by atoms with Gasteiger partial charge >= 0.3 is 0 Å². The molecule has 0 aliphatic rings. The van der Waals surface area contributed by atoms with E-state index < -0.39 is 0 Å². The molecule has 0 atom stereocenters. The summed E-state index contributed by atoms with van der Waals surface area (Å²) >= 11 is 0. The molecule has 148 valence electrons. The minimum absolute atomic E-state index is 0.287. The average Bonchev–Trinajstić information content (AvgIpc) is 2.53. The summed E-state index contributed by atoms with van der Waals surface area (Å²) in [6, 6.07) is 6.69. The Labute approximate surface area is 159 Å². The third-order valence-electron chi connectivity index (χ3n) is 3.22. The molecule has 0 aliphatic heterocycles. The molecule has 1 aromatic rings. The molecular weight excluding hydrogens is 304 g/mol. The minimum atomic E-state index is 0.287. The first-order valence-corrected chi connectivity index (χ1v) is 10.4. The van der Waals surface area contributed by atoms with Crippen molar-refractivity contribution in [3.63, 3.8) is 0 Å². The third kappa shape index (κ3) is 19.1. The molecule has 0 heterocycles. The molecule has 0 saturated heterocycles. The van der Waals surface area contributed by atoms with E-state index in [0.29, 0.717) is 5.92 Å². The summed E-state index contributed by atoms with van der Waals surface area (Å²) in [6.07, 6.45) is 6.95. The predicted molar refractivity (Wildman–Crippen MR) is 117 cm³/mol. The van der Waals surface area contributed by atoms with Gasteiger partial charge in [0.25, 0.3) is 0 Å². The summed E-state index contributed by atoms with van der Waals surface area (Å²) in [7, 11) is 0. The smallest absolute Gasteiger partial charge is 0.130 e. The quantitative estimate of drug-likeness (QED) is 0.508. The number of hydrogen-bond acceptors (Lipinski definition) is 1. The van der Waals surface area contributed by atoms with Gasteiger partial charge in [-0.15, -0.1) is 0 Å². The molecule has 0 unspecified atom stereocenters. The first-order chi connectivity index (χ1) is 11.8.